The summed E-state index contributed by atoms with van der Waals surface area (Å²) in [6.45, 7) is 5.92. The first-order valence-electron chi connectivity index (χ1n) is 6.56. The van der Waals surface area contributed by atoms with E-state index in [0.29, 0.717) is 16.3 Å². The van der Waals surface area contributed by atoms with Gasteiger partial charge in [-0.1, -0.05) is 31.3 Å². The van der Waals surface area contributed by atoms with Gasteiger partial charge in [-0.05, 0) is 38.0 Å². The topological polar surface area (TPSA) is 48.1 Å². The Balaban J connectivity index is 2.44. The Bertz CT molecular complexity index is 653. The summed E-state index contributed by atoms with van der Waals surface area (Å²) in [6.07, 6.45) is 0.966. The van der Waals surface area contributed by atoms with E-state index in [1.165, 1.54) is 5.56 Å². The number of hydrogen-bond acceptors (Lipinski definition) is 3. The van der Waals surface area contributed by atoms with Crippen LogP contribution in [0, 0.1) is 13.8 Å². The molecule has 1 aromatic carbocycles. The Morgan fingerprint density at radius 1 is 1.30 bits per heavy atom. The maximum atomic E-state index is 5.97. The number of benzene rings is 1. The molecule has 0 saturated carbocycles. The van der Waals surface area contributed by atoms with Gasteiger partial charge in [0.1, 0.15) is 16.5 Å². The fraction of sp³-hybridized carbons (Fsp3) is 0.250. The third kappa shape index (κ3) is 3.14. The van der Waals surface area contributed by atoms with Gasteiger partial charge in [0.25, 0.3) is 0 Å². The van der Waals surface area contributed by atoms with Crippen LogP contribution in [0.3, 0.4) is 0 Å². The van der Waals surface area contributed by atoms with E-state index in [0.717, 1.165) is 23.6 Å². The van der Waals surface area contributed by atoms with E-state index in [-0.39, 0.29) is 0 Å². The second kappa shape index (κ2) is 6.01. The fourth-order valence-electron chi connectivity index (χ4n) is 2.13. The van der Waals surface area contributed by atoms with Crippen LogP contribution in [0.15, 0.2) is 30.3 Å². The lowest BCUT2D eigenvalue weighted by Gasteiger charge is -2.13. The Labute approximate surface area is 124 Å². The van der Waals surface area contributed by atoms with Crippen LogP contribution in [0.5, 0.6) is 11.5 Å². The van der Waals surface area contributed by atoms with Crippen molar-refractivity contribution in [2.45, 2.75) is 27.2 Å². The monoisotopic (exact) mass is 286 g/mol. The Morgan fingerprint density at radius 2 is 2.05 bits per heavy atom. The number of thiocarbonyl (C=S) groups is 1. The molecule has 0 aliphatic carbocycles. The van der Waals surface area contributed by atoms with Gasteiger partial charge in [-0.25, -0.2) is 0 Å². The lowest BCUT2D eigenvalue weighted by atomic mass is 10.1. The van der Waals surface area contributed by atoms with Crippen molar-refractivity contribution in [2.75, 3.05) is 0 Å². The Hall–Kier alpha value is -1.94. The molecule has 0 aliphatic heterocycles. The average Bonchev–Trinajstić information content (AvgIpc) is 2.37. The maximum Gasteiger partial charge on any atom is 0.141 e. The number of nitrogens with zero attached hydrogens (tertiary/aromatic N) is 1. The second-order valence-electron chi connectivity index (χ2n) is 4.69. The van der Waals surface area contributed by atoms with E-state index >= 15 is 0 Å². The van der Waals surface area contributed by atoms with Gasteiger partial charge in [0.15, 0.2) is 0 Å². The molecule has 0 spiro atoms. The molecular weight excluding hydrogens is 268 g/mol. The summed E-state index contributed by atoms with van der Waals surface area (Å²) in [6, 6.07) is 9.86. The number of nitrogens with two attached hydrogens (primary N) is 1. The summed E-state index contributed by atoms with van der Waals surface area (Å²) in [7, 11) is 0. The molecule has 3 nitrogen and oxygen atoms in total. The van der Waals surface area contributed by atoms with Gasteiger partial charge in [0.05, 0.1) is 11.3 Å². The molecule has 20 heavy (non-hydrogen) atoms. The van der Waals surface area contributed by atoms with Crippen molar-refractivity contribution >= 4 is 17.2 Å². The highest BCUT2D eigenvalue weighted by Crippen LogP contribution is 2.28. The Kier molecular flexibility index (Phi) is 4.35. The van der Waals surface area contributed by atoms with Gasteiger partial charge in [-0.15, -0.1) is 0 Å². The number of hydrogen-bond donors (Lipinski definition) is 1. The van der Waals surface area contributed by atoms with Crippen LogP contribution >= 0.6 is 12.2 Å². The fourth-order valence-corrected chi connectivity index (χ4v) is 2.38. The highest BCUT2D eigenvalue weighted by atomic mass is 32.1. The van der Waals surface area contributed by atoms with Crippen molar-refractivity contribution in [1.82, 2.24) is 4.98 Å². The van der Waals surface area contributed by atoms with E-state index < -0.39 is 0 Å². The quantitative estimate of drug-likeness (QED) is 0.871. The molecule has 0 aliphatic rings. The van der Waals surface area contributed by atoms with Gasteiger partial charge in [-0.2, -0.15) is 0 Å². The molecule has 1 aromatic heterocycles. The summed E-state index contributed by atoms with van der Waals surface area (Å²) in [4.78, 5) is 4.69. The van der Waals surface area contributed by atoms with E-state index in [2.05, 4.69) is 18.0 Å². The second-order valence-corrected chi connectivity index (χ2v) is 5.13. The van der Waals surface area contributed by atoms with Crippen LogP contribution in [-0.2, 0) is 6.42 Å². The molecule has 2 rings (SSSR count). The average molecular weight is 286 g/mol. The normalized spacial score (nSPS) is 10.3. The molecule has 2 N–H and O–H groups in total. The predicted molar refractivity (Wildman–Crippen MR) is 85.5 cm³/mol. The zero-order chi connectivity index (χ0) is 14.7. The maximum absolute atomic E-state index is 5.97. The first-order chi connectivity index (χ1) is 9.51. The van der Waals surface area contributed by atoms with Crippen molar-refractivity contribution in [2.24, 2.45) is 5.73 Å². The predicted octanol–water partition coefficient (Wildman–Crippen LogP) is 3.69. The number of pyridine rings is 1. The lowest BCUT2D eigenvalue weighted by molar-refractivity contribution is 0.479. The number of ether oxygens (including phenoxy) is 1. The van der Waals surface area contributed by atoms with Crippen LogP contribution < -0.4 is 10.5 Å². The van der Waals surface area contributed by atoms with Crippen molar-refractivity contribution in [3.63, 3.8) is 0 Å². The van der Waals surface area contributed by atoms with E-state index in [1.807, 2.05) is 38.1 Å². The SMILES string of the molecule is CCc1cccc(Oc2cc(C)nc(C)c2C(N)=S)c1. The minimum Gasteiger partial charge on any atom is -0.456 e. The van der Waals surface area contributed by atoms with Crippen molar-refractivity contribution < 1.29 is 4.74 Å². The molecule has 0 atom stereocenters. The van der Waals surface area contributed by atoms with Gasteiger partial charge < -0.3 is 10.5 Å². The zero-order valence-electron chi connectivity index (χ0n) is 11.9. The number of aromatic nitrogens is 1. The van der Waals surface area contributed by atoms with E-state index in [1.54, 1.807) is 0 Å². The van der Waals surface area contributed by atoms with Gasteiger partial charge in [0, 0.05) is 11.8 Å². The van der Waals surface area contributed by atoms with Crippen LogP contribution in [-0.4, -0.2) is 9.97 Å². The molecular formula is C16H18N2OS. The molecule has 0 bridgehead atoms. The minimum atomic E-state index is 0.302. The van der Waals surface area contributed by atoms with Crippen LogP contribution in [0.4, 0.5) is 0 Å². The first-order valence-corrected chi connectivity index (χ1v) is 6.97. The van der Waals surface area contributed by atoms with Gasteiger partial charge >= 0.3 is 0 Å². The van der Waals surface area contributed by atoms with E-state index in [4.69, 9.17) is 22.7 Å². The molecule has 1 heterocycles. The number of rotatable bonds is 4. The zero-order valence-corrected chi connectivity index (χ0v) is 12.8. The summed E-state index contributed by atoms with van der Waals surface area (Å²) in [5.74, 6) is 1.45. The van der Waals surface area contributed by atoms with Crippen LogP contribution in [0.25, 0.3) is 0 Å². The van der Waals surface area contributed by atoms with Crippen LogP contribution in [0.2, 0.25) is 0 Å². The van der Waals surface area contributed by atoms with Crippen molar-refractivity contribution in [1.29, 1.82) is 0 Å². The minimum absolute atomic E-state index is 0.302. The molecule has 0 fully saturated rings. The standard InChI is InChI=1S/C16H18N2OS/c1-4-12-6-5-7-13(9-12)19-14-8-10(2)18-11(3)15(14)16(17)20/h5-9H,4H2,1-3H3,(H2,17,20). The molecule has 2 aromatic rings. The molecule has 0 unspecified atom stereocenters. The molecule has 4 heteroatoms. The molecule has 0 saturated heterocycles. The number of aryl methyl sites for hydroxylation is 3. The molecule has 104 valence electrons. The molecule has 0 amide bonds. The van der Waals surface area contributed by atoms with Crippen LogP contribution in [0.1, 0.15) is 29.4 Å². The summed E-state index contributed by atoms with van der Waals surface area (Å²) >= 11 is 5.10. The largest absolute Gasteiger partial charge is 0.456 e. The lowest BCUT2D eigenvalue weighted by Crippen LogP contribution is -2.14. The van der Waals surface area contributed by atoms with Crippen molar-refractivity contribution in [3.8, 4) is 11.5 Å². The van der Waals surface area contributed by atoms with Crippen molar-refractivity contribution in [3.05, 3.63) is 52.8 Å². The Morgan fingerprint density at radius 3 is 2.70 bits per heavy atom. The summed E-state index contributed by atoms with van der Waals surface area (Å²) in [5.41, 5.74) is 9.38. The van der Waals surface area contributed by atoms with Gasteiger partial charge in [-0.3, -0.25) is 4.98 Å². The molecule has 0 radical (unpaired) electrons. The summed E-state index contributed by atoms with van der Waals surface area (Å²) < 4.78 is 5.97. The third-order valence-corrected chi connectivity index (χ3v) is 3.28. The van der Waals surface area contributed by atoms with Gasteiger partial charge in [0.2, 0.25) is 0 Å². The third-order valence-electron chi connectivity index (χ3n) is 3.07. The highest BCUT2D eigenvalue weighted by Gasteiger charge is 2.13. The first kappa shape index (κ1) is 14.5. The smallest absolute Gasteiger partial charge is 0.141 e. The highest BCUT2D eigenvalue weighted by molar-refractivity contribution is 7.80. The summed E-state index contributed by atoms with van der Waals surface area (Å²) in [5, 5.41) is 0. The van der Waals surface area contributed by atoms with E-state index in [9.17, 15) is 0 Å².